The Labute approximate surface area is 276 Å². The van der Waals surface area contributed by atoms with Gasteiger partial charge in [-0.15, -0.1) is 21.5 Å². The lowest BCUT2D eigenvalue weighted by Gasteiger charge is -2.39. The third kappa shape index (κ3) is 6.50. The zero-order valence-electron chi connectivity index (χ0n) is 25.4. The minimum Gasteiger partial charge on any atom is -0.335 e. The molecule has 1 fully saturated rings. The standard InChI is InChI=1S/C36H33N7OS2/c1-26-12-14-30(15-13-26)43-34(29-16-18-37-19-17-29)39-40-36(43)46-25-32-38-31(24-45-32)35(44)42-22-20-41(21-23-42)33(27-8-4-2-5-9-27)28-10-6-3-7-11-28/h2-19,24,33H,20-23,25H2,1H3. The molecular weight excluding hydrogens is 611 g/mol. The van der Waals surface area contributed by atoms with Gasteiger partial charge in [-0.05, 0) is 42.3 Å². The molecule has 7 rings (SSSR count). The number of thioether (sulfide) groups is 1. The van der Waals surface area contributed by atoms with E-state index in [1.807, 2.05) is 22.4 Å². The van der Waals surface area contributed by atoms with Crippen LogP contribution in [-0.2, 0) is 5.75 Å². The van der Waals surface area contributed by atoms with Crippen molar-refractivity contribution in [1.82, 2.24) is 34.5 Å². The molecule has 0 spiro atoms. The van der Waals surface area contributed by atoms with Gasteiger partial charge in [0, 0.05) is 55.2 Å². The second-order valence-electron chi connectivity index (χ2n) is 11.2. The van der Waals surface area contributed by atoms with E-state index in [2.05, 4.69) is 117 Å². The average molecular weight is 644 g/mol. The van der Waals surface area contributed by atoms with Gasteiger partial charge in [0.15, 0.2) is 11.0 Å². The molecule has 46 heavy (non-hydrogen) atoms. The first-order valence-electron chi connectivity index (χ1n) is 15.3. The molecule has 0 atom stereocenters. The molecule has 0 saturated carbocycles. The van der Waals surface area contributed by atoms with E-state index < -0.39 is 0 Å². The summed E-state index contributed by atoms with van der Waals surface area (Å²) in [4.78, 5) is 26.9. The van der Waals surface area contributed by atoms with Crippen LogP contribution >= 0.6 is 23.1 Å². The summed E-state index contributed by atoms with van der Waals surface area (Å²) in [5.41, 5.74) is 6.15. The molecule has 0 radical (unpaired) electrons. The highest BCUT2D eigenvalue weighted by Crippen LogP contribution is 2.32. The quantitative estimate of drug-likeness (QED) is 0.158. The topological polar surface area (TPSA) is 80.0 Å². The predicted molar refractivity (Wildman–Crippen MR) is 183 cm³/mol. The minimum atomic E-state index is -0.00841. The van der Waals surface area contributed by atoms with E-state index in [9.17, 15) is 4.79 Å². The lowest BCUT2D eigenvalue weighted by molar-refractivity contribution is 0.0592. The average Bonchev–Trinajstić information content (AvgIpc) is 3.77. The molecular formula is C36H33N7OS2. The zero-order chi connectivity index (χ0) is 31.3. The van der Waals surface area contributed by atoms with Gasteiger partial charge >= 0.3 is 0 Å². The lowest BCUT2D eigenvalue weighted by atomic mass is 9.96. The van der Waals surface area contributed by atoms with Crippen LogP contribution in [0.2, 0.25) is 0 Å². The number of carbonyl (C=O) groups excluding carboxylic acids is 1. The predicted octanol–water partition coefficient (Wildman–Crippen LogP) is 6.93. The van der Waals surface area contributed by atoms with E-state index >= 15 is 0 Å². The van der Waals surface area contributed by atoms with Crippen LogP contribution in [0.4, 0.5) is 0 Å². The van der Waals surface area contributed by atoms with Crippen LogP contribution in [0.3, 0.4) is 0 Å². The van der Waals surface area contributed by atoms with Crippen LogP contribution in [0.1, 0.15) is 38.2 Å². The summed E-state index contributed by atoms with van der Waals surface area (Å²) in [6, 6.07) is 33.6. The fourth-order valence-electron chi connectivity index (χ4n) is 5.81. The Balaban J connectivity index is 1.03. The molecule has 4 heterocycles. The van der Waals surface area contributed by atoms with E-state index in [-0.39, 0.29) is 11.9 Å². The Bertz CT molecular complexity index is 1850. The van der Waals surface area contributed by atoms with Crippen LogP contribution in [0.15, 0.2) is 120 Å². The fraction of sp³-hybridized carbons (Fsp3) is 0.194. The van der Waals surface area contributed by atoms with E-state index in [1.54, 1.807) is 24.2 Å². The summed E-state index contributed by atoms with van der Waals surface area (Å²) >= 11 is 3.08. The highest BCUT2D eigenvalue weighted by molar-refractivity contribution is 7.98. The summed E-state index contributed by atoms with van der Waals surface area (Å²) < 4.78 is 2.07. The molecule has 8 nitrogen and oxygen atoms in total. The van der Waals surface area contributed by atoms with Crippen molar-refractivity contribution in [3.63, 3.8) is 0 Å². The minimum absolute atomic E-state index is 0.00841. The Morgan fingerprint density at radius 1 is 0.826 bits per heavy atom. The van der Waals surface area contributed by atoms with Crippen molar-refractivity contribution < 1.29 is 4.79 Å². The monoisotopic (exact) mass is 643 g/mol. The van der Waals surface area contributed by atoms with Gasteiger partial charge in [0.2, 0.25) is 0 Å². The molecule has 0 unspecified atom stereocenters. The van der Waals surface area contributed by atoms with Crippen LogP contribution in [0.25, 0.3) is 17.1 Å². The van der Waals surface area contributed by atoms with E-state index in [1.165, 1.54) is 28.0 Å². The number of nitrogens with zero attached hydrogens (tertiary/aromatic N) is 7. The maximum atomic E-state index is 13.5. The molecule has 1 aliphatic rings. The molecule has 1 saturated heterocycles. The number of pyridine rings is 1. The molecule has 3 aromatic heterocycles. The van der Waals surface area contributed by atoms with Gasteiger partial charge in [0.1, 0.15) is 10.7 Å². The van der Waals surface area contributed by atoms with E-state index in [4.69, 9.17) is 4.98 Å². The largest absolute Gasteiger partial charge is 0.335 e. The second kappa shape index (κ2) is 13.8. The third-order valence-electron chi connectivity index (χ3n) is 8.16. The fourth-order valence-corrected chi connectivity index (χ4v) is 7.55. The van der Waals surface area contributed by atoms with Crippen molar-refractivity contribution >= 4 is 29.0 Å². The number of hydrogen-bond donors (Lipinski definition) is 0. The van der Waals surface area contributed by atoms with Gasteiger partial charge in [0.25, 0.3) is 5.91 Å². The van der Waals surface area contributed by atoms with Crippen LogP contribution in [0, 0.1) is 6.92 Å². The normalized spacial score (nSPS) is 13.7. The molecule has 230 valence electrons. The van der Waals surface area contributed by atoms with Gasteiger partial charge in [0.05, 0.1) is 11.8 Å². The maximum absolute atomic E-state index is 13.5. The highest BCUT2D eigenvalue weighted by Gasteiger charge is 2.29. The Hall–Kier alpha value is -4.64. The number of carbonyl (C=O) groups is 1. The summed E-state index contributed by atoms with van der Waals surface area (Å²) in [5, 5.41) is 12.6. The molecule has 1 aliphatic heterocycles. The Morgan fingerprint density at radius 2 is 1.48 bits per heavy atom. The number of benzene rings is 3. The first kappa shape index (κ1) is 30.0. The molecule has 0 aliphatic carbocycles. The second-order valence-corrected chi connectivity index (χ2v) is 13.1. The number of thiazole rings is 1. The van der Waals surface area contributed by atoms with E-state index in [0.29, 0.717) is 24.5 Å². The number of piperazine rings is 1. The first-order valence-corrected chi connectivity index (χ1v) is 17.1. The lowest BCUT2D eigenvalue weighted by Crippen LogP contribution is -2.50. The molecule has 1 amide bonds. The molecule has 3 aromatic carbocycles. The van der Waals surface area contributed by atoms with Crippen molar-refractivity contribution in [2.45, 2.75) is 23.9 Å². The van der Waals surface area contributed by atoms with Crippen molar-refractivity contribution in [3.8, 4) is 17.1 Å². The zero-order valence-corrected chi connectivity index (χ0v) is 27.1. The van der Waals surface area contributed by atoms with Gasteiger partial charge in [-0.1, -0.05) is 90.1 Å². The Morgan fingerprint density at radius 3 is 2.13 bits per heavy atom. The van der Waals surface area contributed by atoms with Crippen molar-refractivity contribution in [2.24, 2.45) is 0 Å². The number of aromatic nitrogens is 5. The number of rotatable bonds is 9. The third-order valence-corrected chi connectivity index (χ3v) is 10.1. The van der Waals surface area contributed by atoms with Crippen molar-refractivity contribution in [2.75, 3.05) is 26.2 Å². The van der Waals surface area contributed by atoms with Gasteiger partial charge in [-0.3, -0.25) is 19.2 Å². The van der Waals surface area contributed by atoms with Gasteiger partial charge in [-0.25, -0.2) is 4.98 Å². The molecule has 0 bridgehead atoms. The first-order chi connectivity index (χ1) is 22.6. The van der Waals surface area contributed by atoms with E-state index in [0.717, 1.165) is 40.3 Å². The molecule has 10 heteroatoms. The SMILES string of the molecule is Cc1ccc(-n2c(SCc3nc(C(=O)N4CCN(C(c5ccccc5)c5ccccc5)CC4)cs3)nnc2-c2ccncc2)cc1. The maximum Gasteiger partial charge on any atom is 0.273 e. The summed E-state index contributed by atoms with van der Waals surface area (Å²) in [7, 11) is 0. The summed E-state index contributed by atoms with van der Waals surface area (Å²) in [6.07, 6.45) is 3.52. The summed E-state index contributed by atoms with van der Waals surface area (Å²) in [6.45, 7) is 4.98. The summed E-state index contributed by atoms with van der Waals surface area (Å²) in [5.74, 6) is 1.33. The van der Waals surface area contributed by atoms with Crippen LogP contribution < -0.4 is 0 Å². The highest BCUT2D eigenvalue weighted by atomic mass is 32.2. The van der Waals surface area contributed by atoms with Gasteiger partial charge in [-0.2, -0.15) is 0 Å². The van der Waals surface area contributed by atoms with Crippen LogP contribution in [0.5, 0.6) is 0 Å². The molecule has 6 aromatic rings. The van der Waals surface area contributed by atoms with Crippen LogP contribution in [-0.4, -0.2) is 66.6 Å². The number of amides is 1. The molecule has 0 N–H and O–H groups in total. The number of aryl methyl sites for hydroxylation is 1. The van der Waals surface area contributed by atoms with Crippen molar-refractivity contribution in [3.05, 3.63) is 142 Å². The Kier molecular flexibility index (Phi) is 9.00. The number of hydrogen-bond acceptors (Lipinski definition) is 8. The van der Waals surface area contributed by atoms with Gasteiger partial charge < -0.3 is 4.90 Å². The smallest absolute Gasteiger partial charge is 0.273 e. The van der Waals surface area contributed by atoms with Crippen molar-refractivity contribution in [1.29, 1.82) is 0 Å².